The maximum Gasteiger partial charge on any atom is 0.410 e. The number of hydrogen-bond acceptors (Lipinski definition) is 8. The average molecular weight is 819 g/mol. The fraction of sp³-hybridized carbons (Fsp3) is 0.378. The number of benzene rings is 2. The Morgan fingerprint density at radius 1 is 0.883 bits per heavy atom. The number of nitrogens with zero attached hydrogens (tertiary/aromatic N) is 7. The number of halogens is 2. The quantitative estimate of drug-likeness (QED) is 0.176. The summed E-state index contributed by atoms with van der Waals surface area (Å²) in [5.41, 5.74) is 2.33. The molecule has 312 valence electrons. The number of amides is 2. The first-order valence-electron chi connectivity index (χ1n) is 20.4. The summed E-state index contributed by atoms with van der Waals surface area (Å²) in [6, 6.07) is 18.9. The van der Waals surface area contributed by atoms with E-state index in [0.29, 0.717) is 37.0 Å². The van der Waals surface area contributed by atoms with E-state index in [1.807, 2.05) is 58.2 Å². The second kappa shape index (κ2) is 16.4. The fourth-order valence-corrected chi connectivity index (χ4v) is 8.38. The van der Waals surface area contributed by atoms with Crippen molar-refractivity contribution in [3.05, 3.63) is 129 Å². The summed E-state index contributed by atoms with van der Waals surface area (Å²) in [6.07, 6.45) is 6.94. The number of fused-ring (bicyclic) bond motifs is 2. The van der Waals surface area contributed by atoms with E-state index >= 15 is 0 Å². The molecule has 13 nitrogen and oxygen atoms in total. The molecule has 0 atom stereocenters. The average Bonchev–Trinajstić information content (AvgIpc) is 3.65. The van der Waals surface area contributed by atoms with Gasteiger partial charge in [-0.05, 0) is 106 Å². The molecule has 6 aromatic rings. The lowest BCUT2D eigenvalue weighted by molar-refractivity contribution is 0.0149. The Morgan fingerprint density at radius 2 is 1.62 bits per heavy atom. The Balaban J connectivity index is 0.970. The lowest BCUT2D eigenvalue weighted by Crippen LogP contribution is -2.46. The standard InChI is InChI=1S/C45H48F2N8O5/c1-45(2,3)60-44(59)51(4)34-18-20-52(21-19-34)25-28-8-10-29(11-9-28)30-6-5-7-36(22-30)54-40-37(23-32(47)24-48-40)42(57)55(43(54)58)35-15-13-33(14-16-35)49-41(56)38-27-53-26-31(46)12-17-39(53)50-38/h5-12,17,22-24,26-27,33-35H,13-16,18-21,25H2,1-4H3,(H,49,56)/t33-,35+. The molecule has 1 N–H and O–H groups in total. The molecule has 2 aliphatic rings. The van der Waals surface area contributed by atoms with Crippen LogP contribution in [0.1, 0.15) is 81.4 Å². The number of imidazole rings is 1. The van der Waals surface area contributed by atoms with Gasteiger partial charge in [-0.15, -0.1) is 0 Å². The monoisotopic (exact) mass is 818 g/mol. The number of rotatable bonds is 8. The maximum absolute atomic E-state index is 14.6. The van der Waals surface area contributed by atoms with Gasteiger partial charge < -0.3 is 19.4 Å². The summed E-state index contributed by atoms with van der Waals surface area (Å²) in [4.78, 5) is 66.6. The minimum atomic E-state index is -0.691. The van der Waals surface area contributed by atoms with Gasteiger partial charge in [0.2, 0.25) is 0 Å². The molecule has 2 amide bonds. The van der Waals surface area contributed by atoms with Gasteiger partial charge in [-0.1, -0.05) is 36.4 Å². The zero-order chi connectivity index (χ0) is 42.3. The van der Waals surface area contributed by atoms with Crippen molar-refractivity contribution >= 4 is 28.7 Å². The van der Waals surface area contributed by atoms with E-state index in [-0.39, 0.29) is 34.9 Å². The summed E-state index contributed by atoms with van der Waals surface area (Å²) in [5.74, 6) is -1.54. The predicted molar refractivity (Wildman–Crippen MR) is 223 cm³/mol. The van der Waals surface area contributed by atoms with E-state index in [4.69, 9.17) is 4.74 Å². The van der Waals surface area contributed by atoms with Crippen LogP contribution < -0.4 is 16.6 Å². The van der Waals surface area contributed by atoms with Crippen molar-refractivity contribution in [2.24, 2.45) is 0 Å². The van der Waals surface area contributed by atoms with Gasteiger partial charge in [-0.3, -0.25) is 19.1 Å². The lowest BCUT2D eigenvalue weighted by atomic mass is 9.90. The summed E-state index contributed by atoms with van der Waals surface area (Å²) in [5, 5.41) is 2.98. The van der Waals surface area contributed by atoms with Crippen LogP contribution in [0.5, 0.6) is 0 Å². The van der Waals surface area contributed by atoms with Gasteiger partial charge >= 0.3 is 11.8 Å². The molecular weight excluding hydrogens is 771 g/mol. The summed E-state index contributed by atoms with van der Waals surface area (Å²) in [6.45, 7) is 8.09. The van der Waals surface area contributed by atoms with E-state index < -0.39 is 40.4 Å². The smallest absolute Gasteiger partial charge is 0.410 e. The third-order valence-electron chi connectivity index (χ3n) is 11.5. The number of piperidine rings is 1. The number of likely N-dealkylation sites (tertiary alicyclic amines) is 1. The number of nitrogens with one attached hydrogen (secondary N) is 1. The summed E-state index contributed by atoms with van der Waals surface area (Å²) in [7, 11) is 1.81. The SMILES string of the molecule is CN(C(=O)OC(C)(C)C)C1CCN(Cc2ccc(-c3cccc(-n4c(=O)n([C@H]5CC[C@@H](NC(=O)c6cn7cc(F)ccc7n6)CC5)c(=O)c5cc(F)cnc54)c3)cc2)CC1. The third kappa shape index (κ3) is 8.58. The van der Waals surface area contributed by atoms with Crippen LogP contribution in [0.3, 0.4) is 0 Å². The maximum atomic E-state index is 14.6. The van der Waals surface area contributed by atoms with Crippen molar-refractivity contribution in [3.8, 4) is 16.8 Å². The first-order valence-corrected chi connectivity index (χ1v) is 20.4. The highest BCUT2D eigenvalue weighted by atomic mass is 19.1. The third-order valence-corrected chi connectivity index (χ3v) is 11.5. The Kier molecular flexibility index (Phi) is 11.1. The molecule has 1 aliphatic heterocycles. The molecule has 15 heteroatoms. The normalized spacial score (nSPS) is 17.8. The molecule has 0 bridgehead atoms. The molecule has 1 saturated heterocycles. The molecule has 4 aromatic heterocycles. The molecule has 0 spiro atoms. The van der Waals surface area contributed by atoms with Crippen LogP contribution in [-0.4, -0.2) is 83.1 Å². The van der Waals surface area contributed by atoms with E-state index in [2.05, 4.69) is 32.3 Å². The predicted octanol–water partition coefficient (Wildman–Crippen LogP) is 6.89. The Hall–Kier alpha value is -6.22. The molecule has 8 rings (SSSR count). The second-order valence-electron chi connectivity index (χ2n) is 16.9. The molecule has 0 radical (unpaired) electrons. The van der Waals surface area contributed by atoms with Crippen molar-refractivity contribution < 1.29 is 23.1 Å². The van der Waals surface area contributed by atoms with E-state index in [0.717, 1.165) is 61.4 Å². The number of hydrogen-bond donors (Lipinski definition) is 1. The van der Waals surface area contributed by atoms with Gasteiger partial charge in [0.25, 0.3) is 11.5 Å². The van der Waals surface area contributed by atoms with Crippen molar-refractivity contribution in [1.29, 1.82) is 0 Å². The van der Waals surface area contributed by atoms with Crippen molar-refractivity contribution in [1.82, 2.24) is 38.6 Å². The number of carbonyl (C=O) groups excluding carboxylic acids is 2. The fourth-order valence-electron chi connectivity index (χ4n) is 8.38. The minimum Gasteiger partial charge on any atom is -0.444 e. The highest BCUT2D eigenvalue weighted by molar-refractivity contribution is 5.93. The van der Waals surface area contributed by atoms with Crippen LogP contribution in [0.4, 0.5) is 13.6 Å². The highest BCUT2D eigenvalue weighted by Crippen LogP contribution is 2.29. The van der Waals surface area contributed by atoms with E-state index in [9.17, 15) is 28.0 Å². The van der Waals surface area contributed by atoms with Crippen molar-refractivity contribution in [2.75, 3.05) is 20.1 Å². The van der Waals surface area contributed by atoms with Gasteiger partial charge in [0.15, 0.2) is 5.65 Å². The zero-order valence-corrected chi connectivity index (χ0v) is 34.1. The summed E-state index contributed by atoms with van der Waals surface area (Å²) < 4.78 is 37.9. The molecule has 5 heterocycles. The molecule has 2 fully saturated rings. The van der Waals surface area contributed by atoms with Gasteiger partial charge in [-0.25, -0.2) is 32.9 Å². The number of ether oxygens (including phenoxy) is 1. The van der Waals surface area contributed by atoms with Crippen LogP contribution in [0.15, 0.2) is 94.9 Å². The molecule has 0 unspecified atom stereocenters. The Labute approximate surface area is 345 Å². The van der Waals surface area contributed by atoms with E-state index in [1.54, 1.807) is 11.0 Å². The minimum absolute atomic E-state index is 0.0106. The van der Waals surface area contributed by atoms with Gasteiger partial charge in [0, 0.05) is 57.2 Å². The van der Waals surface area contributed by atoms with Gasteiger partial charge in [-0.2, -0.15) is 0 Å². The molecule has 1 saturated carbocycles. The molecule has 2 aromatic carbocycles. The highest BCUT2D eigenvalue weighted by Gasteiger charge is 2.30. The first kappa shape index (κ1) is 40.6. The van der Waals surface area contributed by atoms with Crippen LogP contribution in [0.25, 0.3) is 33.5 Å². The lowest BCUT2D eigenvalue weighted by Gasteiger charge is -2.37. The largest absolute Gasteiger partial charge is 0.444 e. The molecule has 60 heavy (non-hydrogen) atoms. The first-order chi connectivity index (χ1) is 28.7. The number of pyridine rings is 2. The van der Waals surface area contributed by atoms with Gasteiger partial charge in [0.1, 0.15) is 28.6 Å². The van der Waals surface area contributed by atoms with E-state index in [1.165, 1.54) is 38.1 Å². The Morgan fingerprint density at radius 3 is 2.33 bits per heavy atom. The topological polar surface area (TPSA) is 136 Å². The summed E-state index contributed by atoms with van der Waals surface area (Å²) >= 11 is 0. The van der Waals surface area contributed by atoms with Crippen molar-refractivity contribution in [2.45, 2.75) is 89.6 Å². The van der Waals surface area contributed by atoms with Crippen LogP contribution in [-0.2, 0) is 11.3 Å². The number of aromatic nitrogens is 5. The van der Waals surface area contributed by atoms with Crippen molar-refractivity contribution in [3.63, 3.8) is 0 Å². The van der Waals surface area contributed by atoms with Crippen LogP contribution >= 0.6 is 0 Å². The zero-order valence-electron chi connectivity index (χ0n) is 34.1. The molecular formula is C45H48F2N8O5. The molecule has 1 aliphatic carbocycles. The van der Waals surface area contributed by atoms with Gasteiger partial charge in [0.05, 0.1) is 17.3 Å². The second-order valence-corrected chi connectivity index (χ2v) is 16.9. The number of carbonyl (C=O) groups is 2. The van der Waals surface area contributed by atoms with Crippen LogP contribution in [0, 0.1) is 11.6 Å². The van der Waals surface area contributed by atoms with Crippen LogP contribution in [0.2, 0.25) is 0 Å². The Bertz CT molecular complexity index is 2690.